The number of thioether (sulfide) groups is 1. The van der Waals surface area contributed by atoms with E-state index in [-0.39, 0.29) is 29.6 Å². The lowest BCUT2D eigenvalue weighted by molar-refractivity contribution is -0.120. The Balaban J connectivity index is 1.57. The molecule has 1 aromatic heterocycles. The molecule has 8 heteroatoms. The number of aromatic nitrogens is 3. The van der Waals surface area contributed by atoms with E-state index in [1.165, 1.54) is 43.5 Å². The maximum Gasteiger partial charge on any atom is 0.233 e. The lowest BCUT2D eigenvalue weighted by atomic mass is 9.84. The monoisotopic (exact) mass is 446 g/mol. The van der Waals surface area contributed by atoms with Crippen LogP contribution in [0.3, 0.4) is 0 Å². The van der Waals surface area contributed by atoms with Crippen molar-refractivity contribution < 1.29 is 13.9 Å². The summed E-state index contributed by atoms with van der Waals surface area (Å²) in [5, 5.41) is 12.1. The number of carbonyl (C=O) groups is 1. The van der Waals surface area contributed by atoms with Crippen LogP contribution in [0.25, 0.3) is 0 Å². The lowest BCUT2D eigenvalue weighted by Gasteiger charge is -2.30. The Morgan fingerprint density at radius 3 is 2.77 bits per heavy atom. The predicted octanol–water partition coefficient (Wildman–Crippen LogP) is 4.61. The minimum Gasteiger partial charge on any atom is -0.483 e. The number of carbonyl (C=O) groups excluding carboxylic acids is 1. The van der Waals surface area contributed by atoms with Crippen molar-refractivity contribution in [2.45, 2.75) is 69.5 Å². The van der Waals surface area contributed by atoms with Gasteiger partial charge >= 0.3 is 0 Å². The van der Waals surface area contributed by atoms with Gasteiger partial charge in [-0.15, -0.1) is 10.2 Å². The summed E-state index contributed by atoms with van der Waals surface area (Å²) in [7, 11) is 0. The summed E-state index contributed by atoms with van der Waals surface area (Å²) < 4.78 is 21.9. The van der Waals surface area contributed by atoms with E-state index in [1.54, 1.807) is 18.2 Å². The van der Waals surface area contributed by atoms with Crippen molar-refractivity contribution in [3.05, 3.63) is 35.9 Å². The molecule has 6 nitrogen and oxygen atoms in total. The first-order valence-corrected chi connectivity index (χ1v) is 12.1. The van der Waals surface area contributed by atoms with Crippen molar-refractivity contribution in [1.29, 1.82) is 0 Å². The van der Waals surface area contributed by atoms with Gasteiger partial charge in [-0.05, 0) is 69.9 Å². The predicted molar refractivity (Wildman–Crippen MR) is 118 cm³/mol. The van der Waals surface area contributed by atoms with Crippen molar-refractivity contribution in [1.82, 2.24) is 20.1 Å². The Bertz CT molecular complexity index is 921. The van der Waals surface area contributed by atoms with Gasteiger partial charge in [-0.1, -0.05) is 30.3 Å². The first kappa shape index (κ1) is 22.1. The van der Waals surface area contributed by atoms with Crippen LogP contribution in [-0.4, -0.2) is 32.5 Å². The van der Waals surface area contributed by atoms with Crippen LogP contribution < -0.4 is 10.1 Å². The Labute approximate surface area is 187 Å². The third kappa shape index (κ3) is 4.73. The Kier molecular flexibility index (Phi) is 6.84. The number of benzene rings is 1. The SMILES string of the molecule is CCNC(=O)C(C)Sc1nnc(COc2ccccc2F)n1C(C)C1CC2CCC1C2. The number of fused-ring (bicyclic) bond motifs is 2. The molecule has 0 saturated heterocycles. The number of para-hydroxylation sites is 1. The van der Waals surface area contributed by atoms with Gasteiger partial charge in [0.15, 0.2) is 22.5 Å². The van der Waals surface area contributed by atoms with Gasteiger partial charge in [-0.25, -0.2) is 4.39 Å². The highest BCUT2D eigenvalue weighted by molar-refractivity contribution is 8.00. The first-order chi connectivity index (χ1) is 15.0. The first-order valence-electron chi connectivity index (χ1n) is 11.2. The third-order valence-corrected chi connectivity index (χ3v) is 7.81. The molecular weight excluding hydrogens is 415 g/mol. The number of halogens is 1. The summed E-state index contributed by atoms with van der Waals surface area (Å²) in [6.45, 7) is 6.75. The summed E-state index contributed by atoms with van der Waals surface area (Å²) in [6, 6.07) is 6.58. The molecule has 2 saturated carbocycles. The maximum atomic E-state index is 14.0. The molecule has 2 aliphatic rings. The minimum atomic E-state index is -0.394. The Morgan fingerprint density at radius 1 is 1.29 bits per heavy atom. The van der Waals surface area contributed by atoms with Gasteiger partial charge in [-0.2, -0.15) is 0 Å². The van der Waals surface area contributed by atoms with E-state index in [2.05, 4.69) is 27.0 Å². The van der Waals surface area contributed by atoms with Crippen molar-refractivity contribution in [3.63, 3.8) is 0 Å². The Morgan fingerprint density at radius 2 is 2.10 bits per heavy atom. The van der Waals surface area contributed by atoms with E-state index >= 15 is 0 Å². The standard InChI is InChI=1S/C23H31FN4O2S/c1-4-25-22(29)15(3)31-23-27-26-21(13-30-20-8-6-5-7-19(20)24)28(23)14(2)18-12-16-9-10-17(18)11-16/h5-8,14-18H,4,9-13H2,1-3H3,(H,25,29). The molecule has 1 heterocycles. The fourth-order valence-electron chi connectivity index (χ4n) is 5.21. The molecule has 1 aromatic carbocycles. The average molecular weight is 447 g/mol. The molecule has 4 rings (SSSR count). The average Bonchev–Trinajstić information content (AvgIpc) is 3.49. The van der Waals surface area contributed by atoms with E-state index in [1.807, 2.05) is 13.8 Å². The highest BCUT2D eigenvalue weighted by atomic mass is 32.2. The van der Waals surface area contributed by atoms with Crippen LogP contribution in [0.4, 0.5) is 4.39 Å². The summed E-state index contributed by atoms with van der Waals surface area (Å²) >= 11 is 1.42. The molecule has 5 unspecified atom stereocenters. The van der Waals surface area contributed by atoms with E-state index < -0.39 is 5.82 Å². The van der Waals surface area contributed by atoms with E-state index in [0.717, 1.165) is 17.0 Å². The van der Waals surface area contributed by atoms with Crippen molar-refractivity contribution in [3.8, 4) is 5.75 Å². The zero-order valence-electron chi connectivity index (χ0n) is 18.4. The molecule has 168 valence electrons. The van der Waals surface area contributed by atoms with Gasteiger partial charge < -0.3 is 10.1 Å². The quantitative estimate of drug-likeness (QED) is 0.570. The molecule has 2 aliphatic carbocycles. The maximum absolute atomic E-state index is 14.0. The largest absolute Gasteiger partial charge is 0.483 e. The summed E-state index contributed by atoms with van der Waals surface area (Å²) in [5.41, 5.74) is 0. The van der Waals surface area contributed by atoms with Gasteiger partial charge in [0.2, 0.25) is 5.91 Å². The number of amides is 1. The van der Waals surface area contributed by atoms with E-state index in [4.69, 9.17) is 4.74 Å². The molecule has 1 amide bonds. The topological polar surface area (TPSA) is 69.0 Å². The molecule has 2 aromatic rings. The fraction of sp³-hybridized carbons (Fsp3) is 0.609. The smallest absolute Gasteiger partial charge is 0.233 e. The van der Waals surface area contributed by atoms with Gasteiger partial charge in [-0.3, -0.25) is 9.36 Å². The Hall–Kier alpha value is -2.09. The van der Waals surface area contributed by atoms with Crippen LogP contribution in [0.1, 0.15) is 58.3 Å². The number of nitrogens with zero attached hydrogens (tertiary/aromatic N) is 3. The molecule has 0 spiro atoms. The number of nitrogens with one attached hydrogen (secondary N) is 1. The zero-order chi connectivity index (χ0) is 22.0. The van der Waals surface area contributed by atoms with Crippen molar-refractivity contribution >= 4 is 17.7 Å². The van der Waals surface area contributed by atoms with Crippen LogP contribution in [0.5, 0.6) is 5.75 Å². The molecule has 2 fully saturated rings. The highest BCUT2D eigenvalue weighted by Gasteiger charge is 2.43. The fourth-order valence-corrected chi connectivity index (χ4v) is 6.18. The van der Waals surface area contributed by atoms with Gasteiger partial charge in [0.25, 0.3) is 0 Å². The van der Waals surface area contributed by atoms with Gasteiger partial charge in [0, 0.05) is 12.6 Å². The van der Waals surface area contributed by atoms with Crippen LogP contribution in [0, 0.1) is 23.6 Å². The number of ether oxygens (including phenoxy) is 1. The second kappa shape index (κ2) is 9.59. The van der Waals surface area contributed by atoms with Crippen LogP contribution in [0.2, 0.25) is 0 Å². The van der Waals surface area contributed by atoms with Crippen LogP contribution in [-0.2, 0) is 11.4 Å². The highest BCUT2D eigenvalue weighted by Crippen LogP contribution is 2.52. The second-order valence-corrected chi connectivity index (χ2v) is 10.0. The minimum absolute atomic E-state index is 0.0150. The molecule has 1 N–H and O–H groups in total. The number of hydrogen-bond donors (Lipinski definition) is 1. The molecule has 2 bridgehead atoms. The molecule has 0 aliphatic heterocycles. The second-order valence-electron chi connectivity index (χ2n) is 8.72. The van der Waals surface area contributed by atoms with Crippen molar-refractivity contribution in [2.75, 3.05) is 6.54 Å². The summed E-state index contributed by atoms with van der Waals surface area (Å²) in [4.78, 5) is 12.3. The van der Waals surface area contributed by atoms with Crippen molar-refractivity contribution in [2.24, 2.45) is 17.8 Å². The third-order valence-electron chi connectivity index (χ3n) is 6.75. The van der Waals surface area contributed by atoms with Gasteiger partial charge in [0.1, 0.15) is 6.61 Å². The normalized spacial score (nSPS) is 24.2. The van der Waals surface area contributed by atoms with Gasteiger partial charge in [0.05, 0.1) is 5.25 Å². The summed E-state index contributed by atoms with van der Waals surface area (Å²) in [6.07, 6.45) is 5.18. The van der Waals surface area contributed by atoms with E-state index in [0.29, 0.717) is 18.3 Å². The summed E-state index contributed by atoms with van der Waals surface area (Å²) in [5.74, 6) is 2.60. The number of rotatable bonds is 9. The van der Waals surface area contributed by atoms with Crippen LogP contribution in [0.15, 0.2) is 29.4 Å². The molecule has 5 atom stereocenters. The van der Waals surface area contributed by atoms with Crippen LogP contribution >= 0.6 is 11.8 Å². The lowest BCUT2D eigenvalue weighted by Crippen LogP contribution is -2.31. The van der Waals surface area contributed by atoms with E-state index in [9.17, 15) is 9.18 Å². The zero-order valence-corrected chi connectivity index (χ0v) is 19.2. The number of hydrogen-bond acceptors (Lipinski definition) is 5. The molecule has 31 heavy (non-hydrogen) atoms. The molecular formula is C23H31FN4O2S. The molecule has 0 radical (unpaired) electrons.